The van der Waals surface area contributed by atoms with Gasteiger partial charge in [0.2, 0.25) is 0 Å². The van der Waals surface area contributed by atoms with Crippen molar-refractivity contribution >= 4 is 0 Å². The lowest BCUT2D eigenvalue weighted by Gasteiger charge is -2.50. The van der Waals surface area contributed by atoms with E-state index in [0.717, 1.165) is 50.1 Å². The molecule has 0 spiro atoms. The maximum absolute atomic E-state index is 15.5. The number of hydrogen-bond donors (Lipinski definition) is 1. The second-order valence-corrected chi connectivity index (χ2v) is 13.1. The van der Waals surface area contributed by atoms with Crippen molar-refractivity contribution in [3.8, 4) is 0 Å². The molecule has 3 saturated carbocycles. The van der Waals surface area contributed by atoms with Crippen LogP contribution in [0.15, 0.2) is 0 Å². The molecule has 0 aromatic rings. The highest BCUT2D eigenvalue weighted by molar-refractivity contribution is 5.16. The number of fused-ring (bicyclic) bond motifs is 2. The maximum atomic E-state index is 15.5. The zero-order valence-corrected chi connectivity index (χ0v) is 20.7. The first-order valence-corrected chi connectivity index (χ1v) is 13.5. The van der Waals surface area contributed by atoms with Crippen molar-refractivity contribution < 1.29 is 9.50 Å². The van der Waals surface area contributed by atoms with Crippen molar-refractivity contribution in [2.75, 3.05) is 27.2 Å². The number of alkyl halides is 1. The summed E-state index contributed by atoms with van der Waals surface area (Å²) < 4.78 is 15.5. The number of hydrogen-bond acceptors (Lipinski definition) is 5. The Balaban J connectivity index is 1.19. The lowest BCUT2D eigenvalue weighted by atomic mass is 9.61. The van der Waals surface area contributed by atoms with Crippen LogP contribution in [-0.4, -0.2) is 88.3 Å². The van der Waals surface area contributed by atoms with E-state index in [1.807, 2.05) is 25.8 Å². The summed E-state index contributed by atoms with van der Waals surface area (Å²) >= 11 is 0. The van der Waals surface area contributed by atoms with Crippen molar-refractivity contribution in [3.63, 3.8) is 0 Å². The summed E-state index contributed by atoms with van der Waals surface area (Å²) in [5.41, 5.74) is -0.646. The van der Waals surface area contributed by atoms with Crippen LogP contribution in [0.1, 0.15) is 78.1 Å². The first kappa shape index (κ1) is 22.2. The summed E-state index contributed by atoms with van der Waals surface area (Å²) in [6, 6.07) is 1.43. The van der Waals surface area contributed by atoms with Crippen LogP contribution in [0.3, 0.4) is 0 Å². The predicted molar refractivity (Wildman–Crippen MR) is 124 cm³/mol. The molecule has 6 heteroatoms. The lowest BCUT2D eigenvalue weighted by Crippen LogP contribution is -2.61. The highest BCUT2D eigenvalue weighted by Crippen LogP contribution is 2.59. The zero-order chi connectivity index (χ0) is 22.4. The summed E-state index contributed by atoms with van der Waals surface area (Å²) in [6.07, 6.45) is 11.5. The number of piperidine rings is 1. The van der Waals surface area contributed by atoms with E-state index in [-0.39, 0.29) is 11.6 Å². The van der Waals surface area contributed by atoms with E-state index in [1.54, 1.807) is 0 Å². The third-order valence-electron chi connectivity index (χ3n) is 11.2. The van der Waals surface area contributed by atoms with E-state index < -0.39 is 11.9 Å². The van der Waals surface area contributed by atoms with Gasteiger partial charge in [-0.2, -0.15) is 0 Å². The molecule has 4 heterocycles. The van der Waals surface area contributed by atoms with Crippen LogP contribution in [-0.2, 0) is 0 Å². The number of hydrazine groups is 1. The summed E-state index contributed by atoms with van der Waals surface area (Å²) in [4.78, 5) is 4.56. The zero-order valence-electron chi connectivity index (χ0n) is 20.7. The molecule has 7 rings (SSSR count). The number of aliphatic hydroxyl groups is 1. The molecule has 4 aliphatic heterocycles. The Labute approximate surface area is 194 Å². The fourth-order valence-electron chi connectivity index (χ4n) is 8.75. The van der Waals surface area contributed by atoms with Gasteiger partial charge in [-0.05, 0) is 77.2 Å². The molecule has 7 aliphatic rings. The van der Waals surface area contributed by atoms with Gasteiger partial charge in [0.15, 0.2) is 6.30 Å². The highest BCUT2D eigenvalue weighted by atomic mass is 19.1. The van der Waals surface area contributed by atoms with Crippen LogP contribution in [0, 0.1) is 23.2 Å². The van der Waals surface area contributed by atoms with Crippen LogP contribution in [0.25, 0.3) is 0 Å². The molecule has 1 N–H and O–H groups in total. The van der Waals surface area contributed by atoms with Crippen molar-refractivity contribution in [2.24, 2.45) is 23.2 Å². The number of likely N-dealkylation sites (tertiary alicyclic amines) is 1. The average molecular weight is 449 g/mol. The first-order chi connectivity index (χ1) is 15.2. The van der Waals surface area contributed by atoms with E-state index >= 15 is 4.39 Å². The monoisotopic (exact) mass is 448 g/mol. The summed E-state index contributed by atoms with van der Waals surface area (Å²) in [5.74, 6) is 2.64. The Morgan fingerprint density at radius 1 is 0.906 bits per heavy atom. The van der Waals surface area contributed by atoms with Gasteiger partial charge in [0, 0.05) is 50.1 Å². The Hall–Kier alpha value is -0.270. The summed E-state index contributed by atoms with van der Waals surface area (Å²) in [5, 5.41) is 15.9. The minimum Gasteiger partial charge on any atom is -0.390 e. The lowest BCUT2D eigenvalue weighted by molar-refractivity contribution is -0.126. The predicted octanol–water partition coefficient (Wildman–Crippen LogP) is 3.69. The van der Waals surface area contributed by atoms with Crippen LogP contribution in [0.5, 0.6) is 0 Å². The number of halogens is 1. The van der Waals surface area contributed by atoms with E-state index in [9.17, 15) is 5.11 Å². The molecular formula is C26H45FN4O. The molecule has 3 aliphatic carbocycles. The number of nitrogens with zero attached hydrogens (tertiary/aromatic N) is 4. The second kappa shape index (κ2) is 7.61. The molecular weight excluding hydrogens is 403 g/mol. The second-order valence-electron chi connectivity index (χ2n) is 13.1. The van der Waals surface area contributed by atoms with Gasteiger partial charge in [-0.1, -0.05) is 19.3 Å². The molecule has 0 amide bonds. The summed E-state index contributed by atoms with van der Waals surface area (Å²) in [6.45, 7) is 6.02. The largest absolute Gasteiger partial charge is 0.390 e. The van der Waals surface area contributed by atoms with Gasteiger partial charge in [0.05, 0.1) is 11.8 Å². The molecule has 5 nitrogen and oxygen atoms in total. The van der Waals surface area contributed by atoms with Gasteiger partial charge in [0.1, 0.15) is 0 Å². The standard InChI is InChI=1S/C26H45FN4O/c1-25(2,32)26-13-21(14-26)30(16-26)24-12-20(11-23(27)29(24)4)31-22-10-18(17-6-5-7-17)8-9-19(22)15-28(31)3/h17-24,32H,5-16H2,1-4H3. The van der Waals surface area contributed by atoms with Gasteiger partial charge < -0.3 is 5.11 Å². The Morgan fingerprint density at radius 3 is 2.25 bits per heavy atom. The molecule has 182 valence electrons. The normalized spacial score (nSPS) is 49.1. The van der Waals surface area contributed by atoms with Gasteiger partial charge in [0.25, 0.3) is 0 Å². The Bertz CT molecular complexity index is 717. The Kier molecular flexibility index (Phi) is 5.28. The van der Waals surface area contributed by atoms with Gasteiger partial charge in [-0.3, -0.25) is 9.80 Å². The third kappa shape index (κ3) is 3.26. The molecule has 0 aromatic heterocycles. The van der Waals surface area contributed by atoms with Crippen LogP contribution >= 0.6 is 0 Å². The van der Waals surface area contributed by atoms with Gasteiger partial charge in [-0.15, -0.1) is 0 Å². The minimum absolute atomic E-state index is 0.00611. The molecule has 32 heavy (non-hydrogen) atoms. The van der Waals surface area contributed by atoms with Crippen LogP contribution in [0.4, 0.5) is 4.39 Å². The summed E-state index contributed by atoms with van der Waals surface area (Å²) in [7, 11) is 4.25. The SMILES string of the molecule is CN1C(F)CC(N2C3CC(C4CCC4)CCC3CN2C)CC1N1CC2(C(C)(C)O)CC1C2. The first-order valence-electron chi connectivity index (χ1n) is 13.5. The van der Waals surface area contributed by atoms with Gasteiger partial charge >= 0.3 is 0 Å². The smallest absolute Gasteiger partial charge is 0.156 e. The fourth-order valence-corrected chi connectivity index (χ4v) is 8.75. The fraction of sp³-hybridized carbons (Fsp3) is 1.00. The topological polar surface area (TPSA) is 33.2 Å². The van der Waals surface area contributed by atoms with E-state index in [0.29, 0.717) is 24.5 Å². The molecule has 0 aromatic carbocycles. The molecule has 6 unspecified atom stereocenters. The van der Waals surface area contributed by atoms with Crippen molar-refractivity contribution in [1.82, 2.24) is 19.8 Å². The van der Waals surface area contributed by atoms with Crippen LogP contribution < -0.4 is 0 Å². The number of rotatable bonds is 4. The van der Waals surface area contributed by atoms with E-state index in [4.69, 9.17) is 0 Å². The van der Waals surface area contributed by atoms with E-state index in [2.05, 4.69) is 22.0 Å². The van der Waals surface area contributed by atoms with Crippen molar-refractivity contribution in [1.29, 1.82) is 0 Å². The molecule has 0 radical (unpaired) electrons. The highest BCUT2D eigenvalue weighted by Gasteiger charge is 2.64. The molecule has 7 fully saturated rings. The molecule has 6 atom stereocenters. The maximum Gasteiger partial charge on any atom is 0.156 e. The Morgan fingerprint density at radius 2 is 1.62 bits per heavy atom. The van der Waals surface area contributed by atoms with Crippen molar-refractivity contribution in [2.45, 2.75) is 114 Å². The van der Waals surface area contributed by atoms with Gasteiger partial charge in [-0.25, -0.2) is 14.4 Å². The minimum atomic E-state index is -0.881. The van der Waals surface area contributed by atoms with Crippen LogP contribution in [0.2, 0.25) is 0 Å². The average Bonchev–Trinajstić information content (AvgIpc) is 3.31. The molecule has 4 saturated heterocycles. The van der Waals surface area contributed by atoms with E-state index in [1.165, 1.54) is 38.5 Å². The van der Waals surface area contributed by atoms with Crippen molar-refractivity contribution in [3.05, 3.63) is 0 Å². The molecule has 2 bridgehead atoms. The quantitative estimate of drug-likeness (QED) is 0.664. The third-order valence-corrected chi connectivity index (χ3v) is 11.2.